The fraction of sp³-hybridized carbons (Fsp3) is 0.571. The quantitative estimate of drug-likeness (QED) is 0.756. The van der Waals surface area contributed by atoms with Gasteiger partial charge in [-0.15, -0.1) is 0 Å². The van der Waals surface area contributed by atoms with Gasteiger partial charge in [-0.3, -0.25) is 0 Å². The number of ether oxygens (including phenoxy) is 1. The highest BCUT2D eigenvalue weighted by atomic mass is 19.1. The van der Waals surface area contributed by atoms with Crippen molar-refractivity contribution in [2.75, 3.05) is 5.73 Å². The minimum absolute atomic E-state index is 0.280. The summed E-state index contributed by atoms with van der Waals surface area (Å²) in [5.74, 6) is 0.280. The average Bonchev–Trinajstić information content (AvgIpc) is 2.91. The number of hydrogen-bond donors (Lipinski definition) is 3. The van der Waals surface area contributed by atoms with Gasteiger partial charge in [0, 0.05) is 6.20 Å². The van der Waals surface area contributed by atoms with Gasteiger partial charge in [0.05, 0.1) is 11.0 Å². The number of nitrogen functional groups attached to an aromatic ring is 1. The summed E-state index contributed by atoms with van der Waals surface area (Å²) >= 11 is 0. The fourth-order valence-electron chi connectivity index (χ4n) is 2.86. The molecule has 0 radical (unpaired) electrons. The lowest BCUT2D eigenvalue weighted by Gasteiger charge is -2.28. The van der Waals surface area contributed by atoms with E-state index in [1.165, 1.54) is 31.7 Å². The third-order valence-electron chi connectivity index (χ3n) is 4.11. The zero-order valence-electron chi connectivity index (χ0n) is 12.6. The second-order valence-corrected chi connectivity index (χ2v) is 6.38. The lowest BCUT2D eigenvalue weighted by atomic mass is 9.90. The number of aromatic nitrogens is 3. The van der Waals surface area contributed by atoms with E-state index in [9.17, 15) is 10.2 Å². The number of rotatable bonds is 2. The molecule has 0 spiro atoms. The summed E-state index contributed by atoms with van der Waals surface area (Å²) in [6.45, 7) is 4.17. The summed E-state index contributed by atoms with van der Waals surface area (Å²) in [6.07, 6.45) is -0.815. The van der Waals surface area contributed by atoms with Gasteiger partial charge < -0.3 is 25.3 Å². The molecule has 2 aromatic rings. The highest BCUT2D eigenvalue weighted by Crippen LogP contribution is 2.45. The van der Waals surface area contributed by atoms with E-state index in [2.05, 4.69) is 9.97 Å². The minimum Gasteiger partial charge on any atom is -0.388 e. The Balaban J connectivity index is 2.09. The molecule has 1 saturated heterocycles. The molecule has 1 unspecified atom stereocenters. The van der Waals surface area contributed by atoms with Crippen LogP contribution in [0.25, 0.3) is 11.0 Å². The number of hydrogen-bond acceptors (Lipinski definition) is 6. The molecule has 0 bridgehead atoms. The molecular weight excluding hydrogens is 291 g/mol. The molecule has 0 amide bonds. The van der Waals surface area contributed by atoms with Crippen molar-refractivity contribution in [3.05, 3.63) is 18.6 Å². The molecule has 22 heavy (non-hydrogen) atoms. The van der Waals surface area contributed by atoms with Crippen molar-refractivity contribution >= 4 is 16.9 Å². The number of nitrogens with zero attached hydrogens (tertiary/aromatic N) is 3. The molecule has 3 rings (SSSR count). The molecular formula is C14H19FN4O3. The van der Waals surface area contributed by atoms with Crippen molar-refractivity contribution in [1.29, 1.82) is 0 Å². The molecule has 1 aliphatic rings. The van der Waals surface area contributed by atoms with Crippen LogP contribution in [0.4, 0.5) is 10.2 Å². The Morgan fingerprint density at radius 1 is 1.45 bits per heavy atom. The summed E-state index contributed by atoms with van der Waals surface area (Å²) in [5, 5.41) is 20.9. The number of aliphatic hydroxyl groups excluding tert-OH is 1. The Kier molecular flexibility index (Phi) is 3.17. The number of fused-ring (bicyclic) bond motifs is 1. The Hall–Kier alpha value is -1.77. The average molecular weight is 310 g/mol. The molecule has 3 heterocycles. The third kappa shape index (κ3) is 2.06. The standard InChI is InChI=1S/C14H19FN4O3/c1-13(2,21)9-8(20)14(3,15)12(22-9)19-5-4-7-10(16)17-6-18-11(7)19/h4-6,8-9,12,20-21H,1-3H3,(H2,16,17,18)/t8-,9+,12?,14-/m1/s1. The number of anilines is 1. The molecule has 0 aliphatic carbocycles. The fourth-order valence-corrected chi connectivity index (χ4v) is 2.86. The molecule has 2 aromatic heterocycles. The van der Waals surface area contributed by atoms with Crippen molar-refractivity contribution in [3.8, 4) is 0 Å². The Morgan fingerprint density at radius 3 is 2.73 bits per heavy atom. The van der Waals surface area contributed by atoms with Crippen LogP contribution in [0.3, 0.4) is 0 Å². The van der Waals surface area contributed by atoms with E-state index in [0.717, 1.165) is 0 Å². The van der Waals surface area contributed by atoms with Crippen molar-refractivity contribution < 1.29 is 19.3 Å². The van der Waals surface area contributed by atoms with Gasteiger partial charge in [-0.25, -0.2) is 14.4 Å². The molecule has 4 N–H and O–H groups in total. The molecule has 0 aromatic carbocycles. The minimum atomic E-state index is -2.10. The first-order valence-electron chi connectivity index (χ1n) is 6.96. The first-order valence-corrected chi connectivity index (χ1v) is 6.96. The van der Waals surface area contributed by atoms with Gasteiger partial charge in [0.1, 0.15) is 30.0 Å². The van der Waals surface area contributed by atoms with Crippen LogP contribution in [0.1, 0.15) is 27.0 Å². The summed E-state index contributed by atoms with van der Waals surface area (Å²) < 4.78 is 22.2. The largest absolute Gasteiger partial charge is 0.388 e. The maximum Gasteiger partial charge on any atom is 0.181 e. The van der Waals surface area contributed by atoms with E-state index >= 15 is 4.39 Å². The third-order valence-corrected chi connectivity index (χ3v) is 4.11. The first kappa shape index (κ1) is 15.1. The first-order chi connectivity index (χ1) is 10.1. The van der Waals surface area contributed by atoms with Gasteiger partial charge in [-0.05, 0) is 26.8 Å². The monoisotopic (exact) mass is 310 g/mol. The molecule has 4 atom stereocenters. The van der Waals surface area contributed by atoms with E-state index < -0.39 is 29.7 Å². The van der Waals surface area contributed by atoms with Crippen LogP contribution in [0.5, 0.6) is 0 Å². The predicted molar refractivity (Wildman–Crippen MR) is 77.7 cm³/mol. The van der Waals surface area contributed by atoms with Gasteiger partial charge in [0.25, 0.3) is 0 Å². The summed E-state index contributed by atoms with van der Waals surface area (Å²) in [4.78, 5) is 7.99. The second kappa shape index (κ2) is 4.61. The Bertz CT molecular complexity index is 710. The smallest absolute Gasteiger partial charge is 0.181 e. The second-order valence-electron chi connectivity index (χ2n) is 6.38. The number of aliphatic hydroxyl groups is 2. The number of nitrogens with two attached hydrogens (primary N) is 1. The normalized spacial score (nSPS) is 32.7. The lowest BCUT2D eigenvalue weighted by molar-refractivity contribution is -0.122. The van der Waals surface area contributed by atoms with Gasteiger partial charge in [-0.1, -0.05) is 0 Å². The van der Waals surface area contributed by atoms with Crippen molar-refractivity contribution in [2.45, 2.75) is 50.5 Å². The molecule has 1 aliphatic heterocycles. The van der Waals surface area contributed by atoms with E-state index in [0.29, 0.717) is 11.0 Å². The van der Waals surface area contributed by atoms with Crippen LogP contribution in [-0.2, 0) is 4.74 Å². The van der Waals surface area contributed by atoms with E-state index in [1.807, 2.05) is 0 Å². The highest BCUT2D eigenvalue weighted by Gasteiger charge is 2.58. The molecule has 120 valence electrons. The van der Waals surface area contributed by atoms with E-state index in [1.54, 1.807) is 12.3 Å². The van der Waals surface area contributed by atoms with E-state index in [4.69, 9.17) is 10.5 Å². The van der Waals surface area contributed by atoms with Crippen LogP contribution < -0.4 is 5.73 Å². The van der Waals surface area contributed by atoms with Crippen LogP contribution in [-0.4, -0.2) is 48.2 Å². The van der Waals surface area contributed by atoms with Crippen LogP contribution in [0, 0.1) is 0 Å². The maximum absolute atomic E-state index is 15.1. The van der Waals surface area contributed by atoms with Crippen molar-refractivity contribution in [1.82, 2.24) is 14.5 Å². The summed E-state index contributed by atoms with van der Waals surface area (Å²) in [7, 11) is 0. The van der Waals surface area contributed by atoms with Gasteiger partial charge in [-0.2, -0.15) is 0 Å². The van der Waals surface area contributed by atoms with Gasteiger partial charge in [0.15, 0.2) is 11.9 Å². The zero-order chi connectivity index (χ0) is 16.3. The highest BCUT2D eigenvalue weighted by molar-refractivity contribution is 5.86. The zero-order valence-corrected chi connectivity index (χ0v) is 12.6. The molecule has 7 nitrogen and oxygen atoms in total. The summed E-state index contributed by atoms with van der Waals surface area (Å²) in [6, 6.07) is 1.66. The topological polar surface area (TPSA) is 106 Å². The van der Waals surface area contributed by atoms with Crippen LogP contribution in [0.2, 0.25) is 0 Å². The van der Waals surface area contributed by atoms with Crippen LogP contribution >= 0.6 is 0 Å². The Morgan fingerprint density at radius 2 is 2.14 bits per heavy atom. The lowest BCUT2D eigenvalue weighted by Crippen LogP contribution is -2.47. The van der Waals surface area contributed by atoms with Crippen molar-refractivity contribution in [2.24, 2.45) is 0 Å². The SMILES string of the molecule is CC(C)(O)[C@H]1OC(n2ccc3c(N)ncnc32)[C@](C)(F)[C@@H]1O. The molecule has 8 heteroatoms. The van der Waals surface area contributed by atoms with Gasteiger partial charge >= 0.3 is 0 Å². The predicted octanol–water partition coefficient (Wildman–Crippen LogP) is 0.771. The van der Waals surface area contributed by atoms with Gasteiger partial charge in [0.2, 0.25) is 0 Å². The Labute approximate surface area is 126 Å². The molecule has 0 saturated carbocycles. The number of alkyl halides is 1. The number of halogens is 1. The van der Waals surface area contributed by atoms with E-state index in [-0.39, 0.29) is 5.82 Å². The maximum atomic E-state index is 15.1. The molecule has 1 fully saturated rings. The van der Waals surface area contributed by atoms with Crippen molar-refractivity contribution in [3.63, 3.8) is 0 Å². The van der Waals surface area contributed by atoms with Crippen LogP contribution in [0.15, 0.2) is 18.6 Å². The summed E-state index contributed by atoms with van der Waals surface area (Å²) in [5.41, 5.74) is 2.69.